The third-order valence-corrected chi connectivity index (χ3v) is 16.2. The fourth-order valence-electron chi connectivity index (χ4n) is 10.1. The van der Waals surface area contributed by atoms with Crippen molar-refractivity contribution in [3.63, 3.8) is 0 Å². The van der Waals surface area contributed by atoms with Crippen LogP contribution in [0.25, 0.3) is 68.0 Å². The van der Waals surface area contributed by atoms with Crippen LogP contribution in [0.4, 0.5) is 59.4 Å². The number of halogens is 8. The first-order chi connectivity index (χ1) is 52.7. The molecule has 0 aliphatic carbocycles. The standard InChI is InChI=1S/C25H20FN5O2.C24H19F2N7O.C16H11F2N7.C6H5BrFN.C5H5FN2/c1-16-20(26)12-13-21(28-16)23-29-24-22(25(30-23)33-19-6-4-3-5-7-19)27-15-31(24)14-17-8-10-18(32-2)11-9-17;1-14-17(25)7-8-20(29-14)22-31-23(30-19-9-10-27-11-18(19)26)21-24(32-22)33(13-28-21)12-15-3-5-16(34-2)6-4-15;1-8-9(17)2-3-12(22-8)14-24-15-13(20-7-21-15)16(25-14)23-11-4-5-19-6-10(11)18;1-4-5(8)2-3-6(7)9-4;6-4-3-8-2-1-5(4)7/h3-13,15H,14H2,1-2H3;3-11,13H,12H2,1-2H3,(H,27,30,31,32);2-7H,1H3,(H2,19,20,21,23,24,25);2-3H,1H3;1-3H,(H2,7,8). The van der Waals surface area contributed by atoms with E-state index in [-0.39, 0.29) is 57.4 Å². The fraction of sp³-hybridized carbons (Fsp3) is 0.105. The Morgan fingerprint density at radius 3 is 1.35 bits per heavy atom. The van der Waals surface area contributed by atoms with E-state index in [9.17, 15) is 30.7 Å². The van der Waals surface area contributed by atoms with E-state index >= 15 is 0 Å². The number of anilines is 5. The highest BCUT2D eigenvalue weighted by atomic mass is 79.9. The summed E-state index contributed by atoms with van der Waals surface area (Å²) in [6.07, 6.45) is 12.5. The van der Waals surface area contributed by atoms with Gasteiger partial charge in [-0.1, -0.05) is 42.5 Å². The Kier molecular flexibility index (Phi) is 23.6. The van der Waals surface area contributed by atoms with Gasteiger partial charge in [0, 0.05) is 18.6 Å². The maximum atomic E-state index is 14.3. The first-order valence-electron chi connectivity index (χ1n) is 32.7. The van der Waals surface area contributed by atoms with E-state index in [1.165, 1.54) is 79.5 Å². The number of pyridine rings is 7. The van der Waals surface area contributed by atoms with Gasteiger partial charge in [0.25, 0.3) is 5.88 Å². The molecule has 5 N–H and O–H groups in total. The molecule has 3 aromatic carbocycles. The molecule has 548 valence electrons. The van der Waals surface area contributed by atoms with Gasteiger partial charge in [-0.05, 0) is 158 Å². The number of nitrogens with two attached hydrogens (primary N) is 1. The molecule has 0 bridgehead atoms. The quantitative estimate of drug-likeness (QED) is 0.0547. The molecule has 109 heavy (non-hydrogen) atoms. The lowest BCUT2D eigenvalue weighted by Gasteiger charge is -2.11. The highest BCUT2D eigenvalue weighted by molar-refractivity contribution is 9.10. The second kappa shape index (κ2) is 34.4. The maximum Gasteiger partial charge on any atom is 0.251 e. The number of rotatable bonds is 15. The minimum atomic E-state index is -0.538. The van der Waals surface area contributed by atoms with Crippen molar-refractivity contribution in [3.05, 3.63) is 281 Å². The second-order valence-corrected chi connectivity index (χ2v) is 24.1. The average Bonchev–Trinajstić information content (AvgIpc) is 1.69. The lowest BCUT2D eigenvalue weighted by molar-refractivity contribution is 0.414. The highest BCUT2D eigenvalue weighted by Gasteiger charge is 2.22. The molecule has 0 aliphatic heterocycles. The number of nitrogens with one attached hydrogen (secondary N) is 3. The predicted octanol–water partition coefficient (Wildman–Crippen LogP) is 16.1. The molecule has 0 amide bonds. The number of hydrogen-bond donors (Lipinski definition) is 4. The van der Waals surface area contributed by atoms with Crippen LogP contribution < -0.4 is 30.6 Å². The molecule has 0 saturated heterocycles. The lowest BCUT2D eigenvalue weighted by atomic mass is 10.2. The third-order valence-electron chi connectivity index (χ3n) is 15.8. The number of ether oxygens (including phenoxy) is 3. The van der Waals surface area contributed by atoms with E-state index in [4.69, 9.17) is 24.9 Å². The van der Waals surface area contributed by atoms with Crippen molar-refractivity contribution in [1.82, 2.24) is 93.9 Å². The van der Waals surface area contributed by atoms with Crippen LogP contribution >= 0.6 is 15.9 Å². The Balaban J connectivity index is 0.000000138. The molecule has 33 heteroatoms. The van der Waals surface area contributed by atoms with Crippen molar-refractivity contribution in [1.29, 1.82) is 0 Å². The van der Waals surface area contributed by atoms with Crippen LogP contribution in [0.1, 0.15) is 33.9 Å². The molecule has 16 rings (SSSR count). The van der Waals surface area contributed by atoms with Crippen LogP contribution in [0.2, 0.25) is 0 Å². The number of aromatic nitrogens is 19. The molecule has 25 nitrogen and oxygen atoms in total. The maximum absolute atomic E-state index is 14.3. The summed E-state index contributed by atoms with van der Waals surface area (Å²) in [6.45, 7) is 7.37. The van der Waals surface area contributed by atoms with Gasteiger partial charge in [-0.3, -0.25) is 15.0 Å². The molecule has 0 atom stereocenters. The number of benzene rings is 3. The van der Waals surface area contributed by atoms with Crippen molar-refractivity contribution in [2.75, 3.05) is 30.6 Å². The number of aryl methyl sites for hydroxylation is 4. The predicted molar refractivity (Wildman–Crippen MR) is 397 cm³/mol. The van der Waals surface area contributed by atoms with Crippen molar-refractivity contribution < 1.29 is 44.9 Å². The lowest BCUT2D eigenvalue weighted by Crippen LogP contribution is -2.05. The van der Waals surface area contributed by atoms with Crippen LogP contribution in [0.15, 0.2) is 206 Å². The molecular formula is C76H60BrF7N22O3. The van der Waals surface area contributed by atoms with Gasteiger partial charge in [0.1, 0.15) is 67.7 Å². The van der Waals surface area contributed by atoms with E-state index in [1.54, 1.807) is 66.7 Å². The molecule has 0 aliphatic rings. The largest absolute Gasteiger partial charge is 0.497 e. The van der Waals surface area contributed by atoms with Gasteiger partial charge in [-0.2, -0.15) is 4.98 Å². The number of aromatic amines is 1. The molecule has 13 aromatic heterocycles. The molecule has 0 unspecified atom stereocenters. The topological polar surface area (TPSA) is 310 Å². The summed E-state index contributed by atoms with van der Waals surface area (Å²) >= 11 is 3.12. The monoisotopic (exact) mass is 1540 g/mol. The van der Waals surface area contributed by atoms with E-state index in [0.29, 0.717) is 103 Å². The SMILES string of the molecule is COc1ccc(Cn2cnc3c(Nc4ccncc4F)nc(-c4ccc(F)c(C)n4)nc32)cc1.COc1ccc(Cn2cnc3c(Oc4ccccc4)nc(-c4ccc(F)c(C)n4)nc32)cc1.Cc1nc(-c2nc(Nc3ccncc3F)c3[nH]cnc3n2)ccc1F.Cc1nc(Br)ccc1F.Nc1ccncc1F. The zero-order valence-electron chi connectivity index (χ0n) is 58.3. The number of methoxy groups -OCH3 is 2. The van der Waals surface area contributed by atoms with Crippen LogP contribution in [-0.4, -0.2) is 108 Å². The number of imidazole rings is 3. The Morgan fingerprint density at radius 2 is 0.881 bits per heavy atom. The summed E-state index contributed by atoms with van der Waals surface area (Å²) in [5.74, 6) is 0.905. The first kappa shape index (κ1) is 74.9. The van der Waals surface area contributed by atoms with Gasteiger partial charge in [0.2, 0.25) is 0 Å². The Bertz CT molecular complexity index is 5850. The van der Waals surface area contributed by atoms with Crippen LogP contribution in [0.3, 0.4) is 0 Å². The minimum absolute atomic E-state index is 0.139. The summed E-state index contributed by atoms with van der Waals surface area (Å²) in [7, 11) is 3.25. The zero-order chi connectivity index (χ0) is 76.7. The summed E-state index contributed by atoms with van der Waals surface area (Å²) in [5, 5.41) is 5.88. The number of fused-ring (bicyclic) bond motifs is 3. The highest BCUT2D eigenvalue weighted by Crippen LogP contribution is 2.33. The van der Waals surface area contributed by atoms with Crippen molar-refractivity contribution in [2.24, 2.45) is 0 Å². The molecule has 13 heterocycles. The van der Waals surface area contributed by atoms with Crippen LogP contribution in [0, 0.1) is 68.4 Å². The van der Waals surface area contributed by atoms with Gasteiger partial charge in [-0.15, -0.1) is 0 Å². The van der Waals surface area contributed by atoms with Crippen LogP contribution in [0.5, 0.6) is 23.1 Å². The molecule has 0 saturated carbocycles. The van der Waals surface area contributed by atoms with Gasteiger partial charge >= 0.3 is 0 Å². The molecule has 16 aromatic rings. The average molecular weight is 1540 g/mol. The number of nitrogen functional groups attached to an aromatic ring is 1. The summed E-state index contributed by atoms with van der Waals surface area (Å²) in [5.41, 5.74) is 13.0. The minimum Gasteiger partial charge on any atom is -0.497 e. The molecule has 0 radical (unpaired) electrons. The van der Waals surface area contributed by atoms with E-state index in [0.717, 1.165) is 41.2 Å². The van der Waals surface area contributed by atoms with Gasteiger partial charge < -0.3 is 44.7 Å². The summed E-state index contributed by atoms with van der Waals surface area (Å²) in [6, 6.07) is 40.6. The number of H-pyrrole nitrogens is 1. The summed E-state index contributed by atoms with van der Waals surface area (Å²) < 4.78 is 115. The van der Waals surface area contributed by atoms with Crippen LogP contribution in [-0.2, 0) is 13.1 Å². The molecule has 0 spiro atoms. The fourth-order valence-corrected chi connectivity index (χ4v) is 10.5. The number of para-hydroxylation sites is 1. The number of hydrogen-bond acceptors (Lipinski definition) is 22. The molecule has 0 fully saturated rings. The smallest absolute Gasteiger partial charge is 0.251 e. The van der Waals surface area contributed by atoms with Crippen molar-refractivity contribution in [2.45, 2.75) is 40.8 Å². The van der Waals surface area contributed by atoms with Gasteiger partial charge in [-0.25, -0.2) is 90.5 Å². The van der Waals surface area contributed by atoms with Gasteiger partial charge in [0.15, 0.2) is 74.5 Å². The van der Waals surface area contributed by atoms with E-state index in [1.807, 2.05) is 88.0 Å². The zero-order valence-corrected chi connectivity index (χ0v) is 59.9. The summed E-state index contributed by atoms with van der Waals surface area (Å²) in [4.78, 5) is 70.7. The number of nitrogens with zero attached hydrogens (tertiary/aromatic N) is 18. The van der Waals surface area contributed by atoms with E-state index in [2.05, 4.69) is 106 Å². The Labute approximate surface area is 623 Å². The van der Waals surface area contributed by atoms with Crippen molar-refractivity contribution in [3.8, 4) is 57.7 Å². The second-order valence-electron chi connectivity index (χ2n) is 23.3. The van der Waals surface area contributed by atoms with Gasteiger partial charge in [0.05, 0.1) is 105 Å². The third kappa shape index (κ3) is 18.6. The Morgan fingerprint density at radius 1 is 0.431 bits per heavy atom. The normalized spacial score (nSPS) is 10.8. The molecular weight excluding hydrogens is 1480 g/mol. The van der Waals surface area contributed by atoms with Crippen molar-refractivity contribution >= 4 is 78.1 Å². The first-order valence-corrected chi connectivity index (χ1v) is 33.5. The Hall–Kier alpha value is -13.9. The van der Waals surface area contributed by atoms with E-state index < -0.39 is 29.1 Å².